The highest BCUT2D eigenvalue weighted by Gasteiger charge is 2.18. The number of benzene rings is 1. The first kappa shape index (κ1) is 13.7. The molecule has 0 saturated carbocycles. The van der Waals surface area contributed by atoms with E-state index in [2.05, 4.69) is 17.9 Å². The lowest BCUT2D eigenvalue weighted by Crippen LogP contribution is -2.27. The van der Waals surface area contributed by atoms with E-state index in [1.807, 2.05) is 13.8 Å². The number of nitrogens with one attached hydrogen (secondary N) is 1. The summed E-state index contributed by atoms with van der Waals surface area (Å²) in [6, 6.07) is 4.92. The van der Waals surface area contributed by atoms with Gasteiger partial charge in [-0.2, -0.15) is 12.6 Å². The molecule has 1 aromatic rings. The molecule has 0 bridgehead atoms. The number of amides is 1. The molecule has 1 rings (SSSR count). The molecular formula is C11H13Cl2NOS. The van der Waals surface area contributed by atoms with Gasteiger partial charge in [0.25, 0.3) is 0 Å². The van der Waals surface area contributed by atoms with Gasteiger partial charge >= 0.3 is 0 Å². The van der Waals surface area contributed by atoms with Crippen LogP contribution < -0.4 is 5.32 Å². The minimum absolute atomic E-state index is 0.154. The van der Waals surface area contributed by atoms with Crippen molar-refractivity contribution < 1.29 is 4.79 Å². The van der Waals surface area contributed by atoms with Crippen LogP contribution in [0.2, 0.25) is 10.0 Å². The van der Waals surface area contributed by atoms with E-state index in [1.54, 1.807) is 18.2 Å². The smallest absolute Gasteiger partial charge is 0.237 e. The van der Waals surface area contributed by atoms with Crippen molar-refractivity contribution in [3.05, 3.63) is 28.2 Å². The van der Waals surface area contributed by atoms with E-state index in [9.17, 15) is 4.79 Å². The Labute approximate surface area is 111 Å². The summed E-state index contributed by atoms with van der Waals surface area (Å²) in [7, 11) is 0. The first-order valence-corrected chi connectivity index (χ1v) is 6.13. The van der Waals surface area contributed by atoms with Crippen LogP contribution >= 0.6 is 35.8 Å². The molecule has 1 N–H and O–H groups in total. The second-order valence-corrected chi connectivity index (χ2v) is 5.20. The minimum Gasteiger partial charge on any atom is -0.324 e. The second-order valence-electron chi connectivity index (χ2n) is 3.80. The maximum atomic E-state index is 11.7. The van der Waals surface area contributed by atoms with Gasteiger partial charge in [-0.1, -0.05) is 37.0 Å². The van der Waals surface area contributed by atoms with E-state index >= 15 is 0 Å². The highest BCUT2D eigenvalue weighted by Crippen LogP contribution is 2.26. The summed E-state index contributed by atoms with van der Waals surface area (Å²) >= 11 is 16.0. The molecule has 88 valence electrons. The lowest BCUT2D eigenvalue weighted by molar-refractivity contribution is -0.116. The molecule has 0 aromatic heterocycles. The van der Waals surface area contributed by atoms with Crippen molar-refractivity contribution in [1.82, 2.24) is 0 Å². The average molecular weight is 278 g/mol. The Bertz CT molecular complexity index is 396. The molecule has 1 unspecified atom stereocenters. The monoisotopic (exact) mass is 277 g/mol. The van der Waals surface area contributed by atoms with Crippen LogP contribution in [0.5, 0.6) is 0 Å². The van der Waals surface area contributed by atoms with Gasteiger partial charge in [-0.3, -0.25) is 4.79 Å². The molecule has 0 fully saturated rings. The van der Waals surface area contributed by atoms with Crippen molar-refractivity contribution in [3.8, 4) is 0 Å². The van der Waals surface area contributed by atoms with Crippen molar-refractivity contribution in [3.63, 3.8) is 0 Å². The largest absolute Gasteiger partial charge is 0.324 e. The number of carbonyl (C=O) groups excluding carboxylic acids is 1. The lowest BCUT2D eigenvalue weighted by atomic mass is 10.1. The number of thiol groups is 1. The Kier molecular flexibility index (Phi) is 4.96. The molecule has 1 aromatic carbocycles. The molecule has 0 saturated heterocycles. The van der Waals surface area contributed by atoms with Crippen molar-refractivity contribution in [2.24, 2.45) is 5.92 Å². The van der Waals surface area contributed by atoms with Crippen LogP contribution in [-0.2, 0) is 4.79 Å². The SMILES string of the molecule is CC(C)C(S)C(=O)Nc1cc(Cl)ccc1Cl. The molecule has 1 amide bonds. The average Bonchev–Trinajstić information content (AvgIpc) is 2.22. The lowest BCUT2D eigenvalue weighted by Gasteiger charge is -2.15. The molecular weight excluding hydrogens is 265 g/mol. The fourth-order valence-electron chi connectivity index (χ4n) is 1.10. The summed E-state index contributed by atoms with van der Waals surface area (Å²) in [5.74, 6) is -0.0243. The molecule has 0 radical (unpaired) electrons. The minimum atomic E-state index is -0.366. The zero-order valence-corrected chi connectivity index (χ0v) is 11.4. The van der Waals surface area contributed by atoms with E-state index in [-0.39, 0.29) is 17.1 Å². The van der Waals surface area contributed by atoms with E-state index < -0.39 is 0 Å². The normalized spacial score (nSPS) is 12.6. The molecule has 16 heavy (non-hydrogen) atoms. The Morgan fingerprint density at radius 3 is 2.56 bits per heavy atom. The van der Waals surface area contributed by atoms with Crippen molar-refractivity contribution in [1.29, 1.82) is 0 Å². The molecule has 1 atom stereocenters. The predicted molar refractivity (Wildman–Crippen MR) is 72.7 cm³/mol. The summed E-state index contributed by atoms with van der Waals surface area (Å²) in [5.41, 5.74) is 0.513. The van der Waals surface area contributed by atoms with Gasteiger partial charge in [0.15, 0.2) is 0 Å². The first-order chi connectivity index (χ1) is 7.41. The Morgan fingerprint density at radius 1 is 1.38 bits per heavy atom. The van der Waals surface area contributed by atoms with Crippen molar-refractivity contribution in [2.45, 2.75) is 19.1 Å². The van der Waals surface area contributed by atoms with Gasteiger partial charge in [0.1, 0.15) is 0 Å². The Hall–Kier alpha value is -0.380. The molecule has 0 aliphatic heterocycles. The van der Waals surface area contributed by atoms with Crippen LogP contribution in [0.25, 0.3) is 0 Å². The van der Waals surface area contributed by atoms with Gasteiger partial charge in [-0.15, -0.1) is 0 Å². The number of halogens is 2. The highest BCUT2D eigenvalue weighted by molar-refractivity contribution is 7.81. The van der Waals surface area contributed by atoms with Crippen LogP contribution in [0.1, 0.15) is 13.8 Å². The zero-order valence-electron chi connectivity index (χ0n) is 9.00. The van der Waals surface area contributed by atoms with Gasteiger partial charge in [0.05, 0.1) is 16.0 Å². The summed E-state index contributed by atoms with van der Waals surface area (Å²) in [5, 5.41) is 3.32. The van der Waals surface area contributed by atoms with Gasteiger partial charge in [-0.25, -0.2) is 0 Å². The first-order valence-electron chi connectivity index (χ1n) is 4.86. The quantitative estimate of drug-likeness (QED) is 0.807. The maximum Gasteiger partial charge on any atom is 0.237 e. The third-order valence-corrected chi connectivity index (χ3v) is 3.48. The highest BCUT2D eigenvalue weighted by atomic mass is 35.5. The number of anilines is 1. The summed E-state index contributed by atoms with van der Waals surface area (Å²) in [6.45, 7) is 3.85. The number of hydrogen-bond donors (Lipinski definition) is 2. The summed E-state index contributed by atoms with van der Waals surface area (Å²) < 4.78 is 0. The topological polar surface area (TPSA) is 29.1 Å². The van der Waals surface area contributed by atoms with Gasteiger partial charge in [0, 0.05) is 5.02 Å². The third kappa shape index (κ3) is 3.58. The van der Waals surface area contributed by atoms with Gasteiger partial charge < -0.3 is 5.32 Å². The second kappa shape index (κ2) is 5.80. The van der Waals surface area contributed by atoms with Crippen molar-refractivity contribution in [2.75, 3.05) is 5.32 Å². The van der Waals surface area contributed by atoms with Crippen LogP contribution in [0, 0.1) is 5.92 Å². The standard InChI is InChI=1S/C11H13Cl2NOS/c1-6(2)10(16)11(15)14-9-5-7(12)3-4-8(9)13/h3-6,10,16H,1-2H3,(H,14,15). The fourth-order valence-corrected chi connectivity index (χ4v) is 1.50. The van der Waals surface area contributed by atoms with Crippen LogP contribution in [0.15, 0.2) is 18.2 Å². The maximum absolute atomic E-state index is 11.7. The third-order valence-electron chi connectivity index (χ3n) is 2.09. The molecule has 0 spiro atoms. The van der Waals surface area contributed by atoms with E-state index in [4.69, 9.17) is 23.2 Å². The summed E-state index contributed by atoms with van der Waals surface area (Å²) in [6.07, 6.45) is 0. The molecule has 0 aliphatic carbocycles. The van der Waals surface area contributed by atoms with Gasteiger partial charge in [-0.05, 0) is 24.1 Å². The molecule has 0 heterocycles. The Balaban J connectivity index is 2.80. The molecule has 5 heteroatoms. The number of carbonyl (C=O) groups is 1. The molecule has 2 nitrogen and oxygen atoms in total. The van der Waals surface area contributed by atoms with Crippen molar-refractivity contribution >= 4 is 47.4 Å². The summed E-state index contributed by atoms with van der Waals surface area (Å²) in [4.78, 5) is 11.7. The number of rotatable bonds is 3. The fraction of sp³-hybridized carbons (Fsp3) is 0.364. The van der Waals surface area contributed by atoms with Crippen LogP contribution in [0.4, 0.5) is 5.69 Å². The van der Waals surface area contributed by atoms with Crippen LogP contribution in [-0.4, -0.2) is 11.2 Å². The van der Waals surface area contributed by atoms with E-state index in [1.165, 1.54) is 0 Å². The predicted octanol–water partition coefficient (Wildman–Crippen LogP) is 3.89. The molecule has 0 aliphatic rings. The van der Waals surface area contributed by atoms with E-state index in [0.717, 1.165) is 0 Å². The van der Waals surface area contributed by atoms with Crippen LogP contribution in [0.3, 0.4) is 0 Å². The number of hydrogen-bond acceptors (Lipinski definition) is 2. The van der Waals surface area contributed by atoms with Gasteiger partial charge in [0.2, 0.25) is 5.91 Å². The zero-order chi connectivity index (χ0) is 12.3. The van der Waals surface area contributed by atoms with E-state index in [0.29, 0.717) is 15.7 Å². The Morgan fingerprint density at radius 2 is 2.00 bits per heavy atom.